The lowest BCUT2D eigenvalue weighted by molar-refractivity contribution is -0.150. The van der Waals surface area contributed by atoms with Crippen molar-refractivity contribution >= 4 is 11.8 Å². The third-order valence-corrected chi connectivity index (χ3v) is 3.90. The van der Waals surface area contributed by atoms with Gasteiger partial charge in [0.25, 0.3) is 0 Å². The number of nitrogens with zero attached hydrogens (tertiary/aromatic N) is 1. The van der Waals surface area contributed by atoms with Crippen LogP contribution in [-0.2, 0) is 9.59 Å². The molecule has 2 fully saturated rings. The molecular weight excluding hydrogens is 228 g/mol. The molecule has 0 aromatic heterocycles. The van der Waals surface area contributed by atoms with E-state index in [0.29, 0.717) is 5.92 Å². The number of rotatable bonds is 6. The Hall–Kier alpha value is -1.06. The SMILES string of the molecule is CCCCN1C(=O)C(CCC)NC(=O)C1C1CC1. The van der Waals surface area contributed by atoms with E-state index in [4.69, 9.17) is 0 Å². The molecule has 0 bridgehead atoms. The predicted octanol–water partition coefficient (Wildman–Crippen LogP) is 1.69. The first-order valence-electron chi connectivity index (χ1n) is 7.29. The van der Waals surface area contributed by atoms with Gasteiger partial charge in [0.2, 0.25) is 11.8 Å². The fourth-order valence-electron chi connectivity index (χ4n) is 2.74. The molecule has 0 radical (unpaired) electrons. The zero-order chi connectivity index (χ0) is 13.1. The molecule has 102 valence electrons. The van der Waals surface area contributed by atoms with Crippen LogP contribution in [0.5, 0.6) is 0 Å². The van der Waals surface area contributed by atoms with Crippen molar-refractivity contribution in [3.05, 3.63) is 0 Å². The number of carbonyl (C=O) groups is 2. The van der Waals surface area contributed by atoms with Gasteiger partial charge in [0.15, 0.2) is 0 Å². The maximum absolute atomic E-state index is 12.4. The van der Waals surface area contributed by atoms with Gasteiger partial charge in [-0.15, -0.1) is 0 Å². The molecule has 1 saturated carbocycles. The average Bonchev–Trinajstić information content (AvgIpc) is 3.16. The van der Waals surface area contributed by atoms with E-state index in [1.54, 1.807) is 0 Å². The average molecular weight is 252 g/mol. The lowest BCUT2D eigenvalue weighted by Gasteiger charge is -2.39. The van der Waals surface area contributed by atoms with Crippen molar-refractivity contribution in [1.82, 2.24) is 10.2 Å². The number of amides is 2. The molecule has 2 amide bonds. The molecule has 1 heterocycles. The number of hydrogen-bond donors (Lipinski definition) is 1. The quantitative estimate of drug-likeness (QED) is 0.782. The highest BCUT2D eigenvalue weighted by atomic mass is 16.2. The molecular formula is C14H24N2O2. The number of piperazine rings is 1. The van der Waals surface area contributed by atoms with Crippen molar-refractivity contribution in [2.24, 2.45) is 5.92 Å². The van der Waals surface area contributed by atoms with Crippen LogP contribution in [0.4, 0.5) is 0 Å². The summed E-state index contributed by atoms with van der Waals surface area (Å²) >= 11 is 0. The van der Waals surface area contributed by atoms with Crippen LogP contribution in [0, 0.1) is 5.92 Å². The Bertz CT molecular complexity index is 326. The molecule has 1 aliphatic heterocycles. The predicted molar refractivity (Wildman–Crippen MR) is 70.0 cm³/mol. The van der Waals surface area contributed by atoms with Crippen LogP contribution in [-0.4, -0.2) is 35.3 Å². The van der Waals surface area contributed by atoms with Gasteiger partial charge in [0.1, 0.15) is 12.1 Å². The zero-order valence-corrected chi connectivity index (χ0v) is 11.4. The van der Waals surface area contributed by atoms with E-state index in [2.05, 4.69) is 12.2 Å². The van der Waals surface area contributed by atoms with Crippen molar-refractivity contribution in [3.8, 4) is 0 Å². The topological polar surface area (TPSA) is 49.4 Å². The van der Waals surface area contributed by atoms with Crippen molar-refractivity contribution in [2.45, 2.75) is 64.5 Å². The second-order valence-corrected chi connectivity index (χ2v) is 5.52. The van der Waals surface area contributed by atoms with Gasteiger partial charge in [-0.25, -0.2) is 0 Å². The Morgan fingerprint density at radius 3 is 2.50 bits per heavy atom. The summed E-state index contributed by atoms with van der Waals surface area (Å²) in [5, 5.41) is 2.91. The van der Waals surface area contributed by atoms with Gasteiger partial charge in [-0.1, -0.05) is 26.7 Å². The summed E-state index contributed by atoms with van der Waals surface area (Å²) in [7, 11) is 0. The van der Waals surface area contributed by atoms with E-state index in [9.17, 15) is 9.59 Å². The molecule has 2 rings (SSSR count). The first kappa shape index (κ1) is 13.4. The monoisotopic (exact) mass is 252 g/mol. The van der Waals surface area contributed by atoms with Gasteiger partial charge in [-0.3, -0.25) is 9.59 Å². The molecule has 0 spiro atoms. The zero-order valence-electron chi connectivity index (χ0n) is 11.4. The maximum atomic E-state index is 12.4. The highest BCUT2D eigenvalue weighted by Gasteiger charge is 2.47. The smallest absolute Gasteiger partial charge is 0.245 e. The third-order valence-electron chi connectivity index (χ3n) is 3.90. The largest absolute Gasteiger partial charge is 0.342 e. The summed E-state index contributed by atoms with van der Waals surface area (Å²) in [5.41, 5.74) is 0. The minimum atomic E-state index is -0.283. The van der Waals surface area contributed by atoms with E-state index in [1.165, 1.54) is 0 Å². The van der Waals surface area contributed by atoms with Crippen molar-refractivity contribution < 1.29 is 9.59 Å². The number of nitrogens with one attached hydrogen (secondary N) is 1. The van der Waals surface area contributed by atoms with Crippen molar-refractivity contribution in [1.29, 1.82) is 0 Å². The molecule has 1 N–H and O–H groups in total. The summed E-state index contributed by atoms with van der Waals surface area (Å²) in [5.74, 6) is 0.627. The second-order valence-electron chi connectivity index (χ2n) is 5.52. The van der Waals surface area contributed by atoms with Gasteiger partial charge < -0.3 is 10.2 Å². The molecule has 2 unspecified atom stereocenters. The Labute approximate surface area is 109 Å². The van der Waals surface area contributed by atoms with Crippen LogP contribution in [0.15, 0.2) is 0 Å². The highest BCUT2D eigenvalue weighted by molar-refractivity contribution is 5.97. The summed E-state index contributed by atoms with van der Waals surface area (Å²) < 4.78 is 0. The Kier molecular flexibility index (Phi) is 4.25. The van der Waals surface area contributed by atoms with Gasteiger partial charge in [0.05, 0.1) is 0 Å². The van der Waals surface area contributed by atoms with Gasteiger partial charge in [0, 0.05) is 6.54 Å². The molecule has 4 nitrogen and oxygen atoms in total. The molecule has 4 heteroatoms. The standard InChI is InChI=1S/C14H24N2O2/c1-3-5-9-16-12(10-7-8-10)13(17)15-11(6-4-2)14(16)18/h10-12H,3-9H2,1-2H3,(H,15,17). The Morgan fingerprint density at radius 1 is 1.22 bits per heavy atom. The number of carbonyl (C=O) groups excluding carboxylic acids is 2. The Morgan fingerprint density at radius 2 is 1.94 bits per heavy atom. The van der Waals surface area contributed by atoms with E-state index in [-0.39, 0.29) is 23.9 Å². The van der Waals surface area contributed by atoms with E-state index in [0.717, 1.165) is 45.1 Å². The molecule has 2 atom stereocenters. The van der Waals surface area contributed by atoms with Crippen molar-refractivity contribution in [3.63, 3.8) is 0 Å². The van der Waals surface area contributed by atoms with E-state index >= 15 is 0 Å². The van der Waals surface area contributed by atoms with Crippen LogP contribution < -0.4 is 5.32 Å². The first-order valence-corrected chi connectivity index (χ1v) is 7.29. The first-order chi connectivity index (χ1) is 8.69. The second kappa shape index (κ2) is 5.72. The molecule has 0 aromatic carbocycles. The molecule has 2 aliphatic rings. The third kappa shape index (κ3) is 2.68. The van der Waals surface area contributed by atoms with Gasteiger partial charge in [-0.2, -0.15) is 0 Å². The van der Waals surface area contributed by atoms with Crippen LogP contribution in [0.3, 0.4) is 0 Å². The van der Waals surface area contributed by atoms with Crippen LogP contribution in [0.1, 0.15) is 52.4 Å². The summed E-state index contributed by atoms with van der Waals surface area (Å²) in [6.45, 7) is 4.90. The van der Waals surface area contributed by atoms with Gasteiger partial charge >= 0.3 is 0 Å². The number of hydrogen-bond acceptors (Lipinski definition) is 2. The normalized spacial score (nSPS) is 28.4. The fourth-order valence-corrected chi connectivity index (χ4v) is 2.74. The van der Waals surface area contributed by atoms with Crippen LogP contribution in [0.2, 0.25) is 0 Å². The van der Waals surface area contributed by atoms with Crippen molar-refractivity contribution in [2.75, 3.05) is 6.54 Å². The minimum absolute atomic E-state index is 0.0756. The van der Waals surface area contributed by atoms with Gasteiger partial charge in [-0.05, 0) is 31.6 Å². The van der Waals surface area contributed by atoms with E-state index < -0.39 is 0 Å². The fraction of sp³-hybridized carbons (Fsp3) is 0.857. The number of unbranched alkanes of at least 4 members (excludes halogenated alkanes) is 1. The minimum Gasteiger partial charge on any atom is -0.342 e. The van der Waals surface area contributed by atoms with Crippen LogP contribution >= 0.6 is 0 Å². The van der Waals surface area contributed by atoms with Crippen LogP contribution in [0.25, 0.3) is 0 Å². The highest BCUT2D eigenvalue weighted by Crippen LogP contribution is 2.37. The summed E-state index contributed by atoms with van der Waals surface area (Å²) in [4.78, 5) is 26.5. The molecule has 1 aliphatic carbocycles. The molecule has 1 saturated heterocycles. The molecule has 0 aromatic rings. The lowest BCUT2D eigenvalue weighted by Crippen LogP contribution is -2.64. The molecule has 18 heavy (non-hydrogen) atoms. The Balaban J connectivity index is 2.10. The maximum Gasteiger partial charge on any atom is 0.245 e. The summed E-state index contributed by atoms with van der Waals surface area (Å²) in [6.07, 6.45) is 5.90. The van der Waals surface area contributed by atoms with E-state index in [1.807, 2.05) is 11.8 Å². The summed E-state index contributed by atoms with van der Waals surface area (Å²) in [6, 6.07) is -0.466. The lowest BCUT2D eigenvalue weighted by atomic mass is 10.00.